The average molecular weight is 143 g/mol. The lowest BCUT2D eigenvalue weighted by Gasteiger charge is -2.48. The number of hydrogen-bond donors (Lipinski definition) is 1. The van der Waals surface area contributed by atoms with E-state index in [0.29, 0.717) is 12.6 Å². The standard InChI is InChI=1S/C8H17NO/c1-8(2,3)9-5-4-7(9)6-10/h7,10H,4-6H2,1-3H3/t7-/m1/s1. The minimum atomic E-state index is 0.242. The number of nitrogens with zero attached hydrogens (tertiary/aromatic N) is 1. The third-order valence-corrected chi connectivity index (χ3v) is 2.22. The minimum absolute atomic E-state index is 0.242. The summed E-state index contributed by atoms with van der Waals surface area (Å²) in [5.41, 5.74) is 0.242. The van der Waals surface area contributed by atoms with Crippen LogP contribution in [0, 0.1) is 0 Å². The van der Waals surface area contributed by atoms with Crippen molar-refractivity contribution in [1.29, 1.82) is 0 Å². The van der Waals surface area contributed by atoms with Crippen LogP contribution in [-0.4, -0.2) is 34.7 Å². The third kappa shape index (κ3) is 1.32. The summed E-state index contributed by atoms with van der Waals surface area (Å²) in [5.74, 6) is 0. The molecule has 0 saturated carbocycles. The minimum Gasteiger partial charge on any atom is -0.395 e. The fourth-order valence-electron chi connectivity index (χ4n) is 1.51. The molecule has 2 heteroatoms. The van der Waals surface area contributed by atoms with E-state index in [9.17, 15) is 0 Å². The second-order valence-corrected chi connectivity index (χ2v) is 3.99. The van der Waals surface area contributed by atoms with Gasteiger partial charge in [0, 0.05) is 18.1 Å². The molecule has 60 valence electrons. The van der Waals surface area contributed by atoms with Crippen molar-refractivity contribution in [2.45, 2.75) is 38.8 Å². The summed E-state index contributed by atoms with van der Waals surface area (Å²) in [4.78, 5) is 2.34. The van der Waals surface area contributed by atoms with Gasteiger partial charge in [0.2, 0.25) is 0 Å². The molecule has 0 aromatic carbocycles. The van der Waals surface area contributed by atoms with E-state index in [4.69, 9.17) is 5.11 Å². The molecule has 0 aliphatic carbocycles. The third-order valence-electron chi connectivity index (χ3n) is 2.22. The van der Waals surface area contributed by atoms with Gasteiger partial charge in [-0.25, -0.2) is 0 Å². The fourth-order valence-corrected chi connectivity index (χ4v) is 1.51. The van der Waals surface area contributed by atoms with Crippen LogP contribution in [0.4, 0.5) is 0 Å². The highest BCUT2D eigenvalue weighted by Gasteiger charge is 2.34. The molecule has 1 heterocycles. The SMILES string of the molecule is CC(C)(C)N1CC[C@@H]1CO. The number of likely N-dealkylation sites (tertiary alicyclic amines) is 1. The van der Waals surface area contributed by atoms with Gasteiger partial charge in [-0.15, -0.1) is 0 Å². The predicted molar refractivity (Wildman–Crippen MR) is 41.9 cm³/mol. The molecular weight excluding hydrogens is 126 g/mol. The van der Waals surface area contributed by atoms with Gasteiger partial charge >= 0.3 is 0 Å². The summed E-state index contributed by atoms with van der Waals surface area (Å²) in [5, 5.41) is 8.88. The van der Waals surface area contributed by atoms with Gasteiger partial charge in [0.15, 0.2) is 0 Å². The summed E-state index contributed by atoms with van der Waals surface area (Å²) >= 11 is 0. The van der Waals surface area contributed by atoms with Crippen molar-refractivity contribution in [3.05, 3.63) is 0 Å². The van der Waals surface area contributed by atoms with Crippen molar-refractivity contribution in [2.24, 2.45) is 0 Å². The number of rotatable bonds is 1. The lowest BCUT2D eigenvalue weighted by Crippen LogP contribution is -2.58. The monoisotopic (exact) mass is 143 g/mol. The topological polar surface area (TPSA) is 23.5 Å². The van der Waals surface area contributed by atoms with Crippen molar-refractivity contribution in [1.82, 2.24) is 4.90 Å². The molecule has 0 bridgehead atoms. The van der Waals surface area contributed by atoms with E-state index in [2.05, 4.69) is 25.7 Å². The molecule has 1 N–H and O–H groups in total. The van der Waals surface area contributed by atoms with Gasteiger partial charge in [-0.05, 0) is 27.2 Å². The molecule has 0 radical (unpaired) electrons. The first-order chi connectivity index (χ1) is 4.55. The number of aliphatic hydroxyl groups is 1. The molecule has 10 heavy (non-hydrogen) atoms. The Morgan fingerprint density at radius 3 is 2.20 bits per heavy atom. The Morgan fingerprint density at radius 1 is 1.50 bits per heavy atom. The van der Waals surface area contributed by atoms with E-state index in [-0.39, 0.29) is 5.54 Å². The molecule has 0 unspecified atom stereocenters. The van der Waals surface area contributed by atoms with E-state index in [1.54, 1.807) is 0 Å². The summed E-state index contributed by atoms with van der Waals surface area (Å²) < 4.78 is 0. The first kappa shape index (κ1) is 8.02. The van der Waals surface area contributed by atoms with Crippen LogP contribution in [-0.2, 0) is 0 Å². The van der Waals surface area contributed by atoms with Gasteiger partial charge in [0.1, 0.15) is 0 Å². The van der Waals surface area contributed by atoms with Crippen LogP contribution >= 0.6 is 0 Å². The average Bonchev–Trinajstić information content (AvgIpc) is 1.57. The normalized spacial score (nSPS) is 28.2. The Hall–Kier alpha value is -0.0800. The van der Waals surface area contributed by atoms with Crippen molar-refractivity contribution >= 4 is 0 Å². The van der Waals surface area contributed by atoms with Crippen LogP contribution in [0.25, 0.3) is 0 Å². The van der Waals surface area contributed by atoms with Gasteiger partial charge in [-0.1, -0.05) is 0 Å². The predicted octanol–water partition coefficient (Wildman–Crippen LogP) is 0.852. The van der Waals surface area contributed by atoms with Gasteiger partial charge < -0.3 is 5.11 Å². The zero-order valence-corrected chi connectivity index (χ0v) is 7.09. The molecular formula is C8H17NO. The van der Waals surface area contributed by atoms with Gasteiger partial charge in [0.25, 0.3) is 0 Å². The summed E-state index contributed by atoms with van der Waals surface area (Å²) in [6.07, 6.45) is 1.16. The quantitative estimate of drug-likeness (QED) is 0.588. The molecule has 1 fully saturated rings. The summed E-state index contributed by atoms with van der Waals surface area (Å²) in [6.45, 7) is 8.03. The van der Waals surface area contributed by atoms with E-state index >= 15 is 0 Å². The van der Waals surface area contributed by atoms with Crippen LogP contribution in [0.2, 0.25) is 0 Å². The first-order valence-corrected chi connectivity index (χ1v) is 3.93. The Labute approximate surface area is 62.8 Å². The zero-order chi connectivity index (χ0) is 7.78. The molecule has 0 amide bonds. The van der Waals surface area contributed by atoms with Crippen LogP contribution < -0.4 is 0 Å². The smallest absolute Gasteiger partial charge is 0.0587 e. The van der Waals surface area contributed by atoms with E-state index in [1.165, 1.54) is 0 Å². The largest absolute Gasteiger partial charge is 0.395 e. The molecule has 1 rings (SSSR count). The Kier molecular flexibility index (Phi) is 2.02. The summed E-state index contributed by atoms with van der Waals surface area (Å²) in [7, 11) is 0. The highest BCUT2D eigenvalue weighted by Crippen LogP contribution is 2.26. The van der Waals surface area contributed by atoms with Crippen molar-refractivity contribution < 1.29 is 5.11 Å². The van der Waals surface area contributed by atoms with Crippen LogP contribution in [0.15, 0.2) is 0 Å². The molecule has 1 saturated heterocycles. The highest BCUT2D eigenvalue weighted by molar-refractivity contribution is 4.90. The fraction of sp³-hybridized carbons (Fsp3) is 1.00. The lowest BCUT2D eigenvalue weighted by molar-refractivity contribution is -0.0261. The number of aliphatic hydroxyl groups excluding tert-OH is 1. The van der Waals surface area contributed by atoms with E-state index < -0.39 is 0 Å². The van der Waals surface area contributed by atoms with Gasteiger partial charge in [0.05, 0.1) is 6.61 Å². The number of hydrogen-bond acceptors (Lipinski definition) is 2. The Morgan fingerprint density at radius 2 is 2.10 bits per heavy atom. The van der Waals surface area contributed by atoms with Gasteiger partial charge in [-0.3, -0.25) is 4.90 Å². The maximum absolute atomic E-state index is 8.88. The van der Waals surface area contributed by atoms with Crippen LogP contribution in [0.1, 0.15) is 27.2 Å². The van der Waals surface area contributed by atoms with Gasteiger partial charge in [-0.2, -0.15) is 0 Å². The van der Waals surface area contributed by atoms with Crippen LogP contribution in [0.5, 0.6) is 0 Å². The molecule has 0 aromatic heterocycles. The maximum atomic E-state index is 8.88. The molecule has 2 nitrogen and oxygen atoms in total. The van der Waals surface area contributed by atoms with Crippen molar-refractivity contribution in [3.8, 4) is 0 Å². The summed E-state index contributed by atoms with van der Waals surface area (Å²) in [6, 6.07) is 0.431. The molecule has 1 atom stereocenters. The molecule has 1 aliphatic heterocycles. The Bertz CT molecular complexity index is 115. The second kappa shape index (κ2) is 2.51. The van der Waals surface area contributed by atoms with Crippen molar-refractivity contribution in [3.63, 3.8) is 0 Å². The van der Waals surface area contributed by atoms with E-state index in [0.717, 1.165) is 13.0 Å². The van der Waals surface area contributed by atoms with E-state index in [1.807, 2.05) is 0 Å². The Balaban J connectivity index is 2.43. The zero-order valence-electron chi connectivity index (χ0n) is 7.09. The first-order valence-electron chi connectivity index (χ1n) is 3.93. The van der Waals surface area contributed by atoms with Crippen molar-refractivity contribution in [2.75, 3.05) is 13.2 Å². The highest BCUT2D eigenvalue weighted by atomic mass is 16.3. The van der Waals surface area contributed by atoms with Crippen LogP contribution in [0.3, 0.4) is 0 Å². The molecule has 0 spiro atoms. The molecule has 1 aliphatic rings. The maximum Gasteiger partial charge on any atom is 0.0587 e. The molecule has 0 aromatic rings. The lowest BCUT2D eigenvalue weighted by atomic mass is 9.94. The second-order valence-electron chi connectivity index (χ2n) is 3.99.